The number of ether oxygens (including phenoxy) is 2. The maximum absolute atomic E-state index is 11.8. The lowest BCUT2D eigenvalue weighted by Crippen LogP contribution is -2.35. The molecule has 116 valence electrons. The van der Waals surface area contributed by atoms with Crippen LogP contribution in [0.3, 0.4) is 0 Å². The molecule has 0 aliphatic carbocycles. The van der Waals surface area contributed by atoms with Gasteiger partial charge in [-0.1, -0.05) is 0 Å². The molecule has 1 fully saturated rings. The molecule has 1 aromatic rings. The summed E-state index contributed by atoms with van der Waals surface area (Å²) in [7, 11) is 0. The van der Waals surface area contributed by atoms with Crippen molar-refractivity contribution in [3.63, 3.8) is 0 Å². The second-order valence-electron chi connectivity index (χ2n) is 4.49. The summed E-state index contributed by atoms with van der Waals surface area (Å²) in [5.41, 5.74) is 0.265. The van der Waals surface area contributed by atoms with Crippen molar-refractivity contribution in [2.45, 2.75) is 6.92 Å². The molecule has 1 aliphatic heterocycles. The van der Waals surface area contributed by atoms with Gasteiger partial charge in [0.2, 0.25) is 0 Å². The molecule has 9 nitrogen and oxygen atoms in total. The third-order valence-electron chi connectivity index (χ3n) is 3.02. The minimum Gasteiger partial charge on any atom is -0.452 e. The molecule has 0 radical (unpaired) electrons. The Morgan fingerprint density at radius 3 is 2.73 bits per heavy atom. The summed E-state index contributed by atoms with van der Waals surface area (Å²) in [6.45, 7) is 1.11. The predicted octanol–water partition coefficient (Wildman–Crippen LogP) is 1.04. The minimum absolute atomic E-state index is 0.0832. The van der Waals surface area contributed by atoms with Crippen molar-refractivity contribution in [3.8, 4) is 0 Å². The largest absolute Gasteiger partial charge is 0.452 e. The van der Waals surface area contributed by atoms with Gasteiger partial charge in [0.1, 0.15) is 6.61 Å². The molecule has 0 N–H and O–H groups in total. The van der Waals surface area contributed by atoms with Crippen molar-refractivity contribution in [2.75, 3.05) is 19.8 Å². The van der Waals surface area contributed by atoms with E-state index in [-0.39, 0.29) is 24.4 Å². The molecule has 0 saturated carbocycles. The van der Waals surface area contributed by atoms with Gasteiger partial charge in [-0.15, -0.1) is 0 Å². The monoisotopic (exact) mass is 308 g/mol. The molecular formula is C13H12N2O7. The van der Waals surface area contributed by atoms with Crippen molar-refractivity contribution >= 4 is 23.7 Å². The third kappa shape index (κ3) is 3.19. The third-order valence-corrected chi connectivity index (χ3v) is 3.02. The number of nitro groups is 1. The molecule has 2 amide bonds. The Kier molecular flexibility index (Phi) is 4.35. The number of carbonyl (C=O) groups is 3. The van der Waals surface area contributed by atoms with E-state index in [1.807, 2.05) is 0 Å². The van der Waals surface area contributed by atoms with Crippen LogP contribution in [0.1, 0.15) is 15.9 Å². The van der Waals surface area contributed by atoms with Crippen LogP contribution < -0.4 is 0 Å². The molecule has 0 atom stereocenters. The van der Waals surface area contributed by atoms with Crippen LogP contribution in [0.25, 0.3) is 0 Å². The predicted molar refractivity (Wildman–Crippen MR) is 71.2 cm³/mol. The van der Waals surface area contributed by atoms with E-state index in [0.29, 0.717) is 5.56 Å². The van der Waals surface area contributed by atoms with Crippen LogP contribution in [0, 0.1) is 17.0 Å². The number of hydrogen-bond acceptors (Lipinski definition) is 7. The second-order valence-corrected chi connectivity index (χ2v) is 4.49. The normalized spacial score (nSPS) is 13.7. The summed E-state index contributed by atoms with van der Waals surface area (Å²) in [6, 6.07) is 3.72. The van der Waals surface area contributed by atoms with Crippen molar-refractivity contribution in [3.05, 3.63) is 39.4 Å². The molecule has 1 heterocycles. The fourth-order valence-corrected chi connectivity index (χ4v) is 1.90. The van der Waals surface area contributed by atoms with Gasteiger partial charge in [0.25, 0.3) is 11.6 Å². The quantitative estimate of drug-likeness (QED) is 0.463. The summed E-state index contributed by atoms with van der Waals surface area (Å²) >= 11 is 0. The van der Waals surface area contributed by atoms with Crippen molar-refractivity contribution < 1.29 is 28.8 Å². The number of hydrogen-bond donors (Lipinski definition) is 0. The first kappa shape index (κ1) is 15.4. The van der Waals surface area contributed by atoms with E-state index >= 15 is 0 Å². The standard InChI is InChI=1S/C13H12N2O7/c1-8-6-9(2-3-10(8)15(19)20)12(17)22-7-11(16)14-4-5-21-13(14)18/h2-3,6H,4-5,7H2,1H3. The maximum atomic E-state index is 11.8. The number of amides is 2. The van der Waals surface area contributed by atoms with Gasteiger partial charge >= 0.3 is 12.1 Å². The van der Waals surface area contributed by atoms with Gasteiger partial charge in [-0.3, -0.25) is 14.9 Å². The minimum atomic E-state index is -0.807. The van der Waals surface area contributed by atoms with E-state index in [2.05, 4.69) is 4.74 Å². The highest BCUT2D eigenvalue weighted by atomic mass is 16.6. The molecule has 0 unspecified atom stereocenters. The zero-order chi connectivity index (χ0) is 16.3. The van der Waals surface area contributed by atoms with Gasteiger partial charge in [-0.2, -0.15) is 0 Å². The Hall–Kier alpha value is -2.97. The van der Waals surface area contributed by atoms with Gasteiger partial charge < -0.3 is 9.47 Å². The van der Waals surface area contributed by atoms with Crippen LogP contribution in [-0.4, -0.2) is 47.6 Å². The van der Waals surface area contributed by atoms with Crippen molar-refractivity contribution in [1.82, 2.24) is 4.90 Å². The SMILES string of the molecule is Cc1cc(C(=O)OCC(=O)N2CCOC2=O)ccc1[N+](=O)[O-]. The Bertz CT molecular complexity index is 656. The zero-order valence-electron chi connectivity index (χ0n) is 11.6. The van der Waals surface area contributed by atoms with Crippen molar-refractivity contribution in [1.29, 1.82) is 0 Å². The zero-order valence-corrected chi connectivity index (χ0v) is 11.6. The second kappa shape index (κ2) is 6.20. The Balaban J connectivity index is 1.98. The fraction of sp³-hybridized carbons (Fsp3) is 0.308. The first-order chi connectivity index (χ1) is 10.4. The molecule has 2 rings (SSSR count). The number of nitrogens with zero attached hydrogens (tertiary/aromatic N) is 2. The lowest BCUT2D eigenvalue weighted by Gasteiger charge is -2.11. The van der Waals surface area contributed by atoms with E-state index in [4.69, 9.17) is 4.74 Å². The van der Waals surface area contributed by atoms with Crippen molar-refractivity contribution in [2.24, 2.45) is 0 Å². The molecule has 22 heavy (non-hydrogen) atoms. The Morgan fingerprint density at radius 2 is 2.18 bits per heavy atom. The lowest BCUT2D eigenvalue weighted by molar-refractivity contribution is -0.385. The average molecular weight is 308 g/mol. The number of imide groups is 1. The molecule has 1 saturated heterocycles. The number of benzene rings is 1. The maximum Gasteiger partial charge on any atom is 0.416 e. The topological polar surface area (TPSA) is 116 Å². The molecule has 0 aromatic heterocycles. The van der Waals surface area contributed by atoms with Crippen LogP contribution in [0.5, 0.6) is 0 Å². The Labute approximate surface area is 124 Å². The first-order valence-electron chi connectivity index (χ1n) is 6.29. The lowest BCUT2D eigenvalue weighted by atomic mass is 10.1. The molecule has 0 spiro atoms. The number of aryl methyl sites for hydroxylation is 1. The first-order valence-corrected chi connectivity index (χ1v) is 6.29. The fourth-order valence-electron chi connectivity index (χ4n) is 1.90. The van der Waals surface area contributed by atoms with E-state index in [0.717, 1.165) is 4.90 Å². The smallest absolute Gasteiger partial charge is 0.416 e. The summed E-state index contributed by atoms with van der Waals surface area (Å²) in [5.74, 6) is -1.49. The summed E-state index contributed by atoms with van der Waals surface area (Å²) < 4.78 is 9.39. The van der Waals surface area contributed by atoms with Crippen LogP contribution in [0.15, 0.2) is 18.2 Å². The molecule has 1 aliphatic rings. The highest BCUT2D eigenvalue weighted by Gasteiger charge is 2.29. The molecule has 9 heteroatoms. The van der Waals surface area contributed by atoms with Gasteiger partial charge in [-0.25, -0.2) is 14.5 Å². The van der Waals surface area contributed by atoms with Crippen LogP contribution in [0.4, 0.5) is 10.5 Å². The van der Waals surface area contributed by atoms with E-state index in [1.165, 1.54) is 25.1 Å². The van der Waals surface area contributed by atoms with E-state index < -0.39 is 29.5 Å². The van der Waals surface area contributed by atoms with Gasteiger partial charge in [0.15, 0.2) is 6.61 Å². The van der Waals surface area contributed by atoms with Gasteiger partial charge in [0, 0.05) is 11.6 Å². The number of esters is 1. The molecule has 0 bridgehead atoms. The Morgan fingerprint density at radius 1 is 1.45 bits per heavy atom. The van der Waals surface area contributed by atoms with Crippen LogP contribution in [-0.2, 0) is 14.3 Å². The van der Waals surface area contributed by atoms with Gasteiger partial charge in [0.05, 0.1) is 17.0 Å². The average Bonchev–Trinajstić information content (AvgIpc) is 2.90. The summed E-state index contributed by atoms with van der Waals surface area (Å²) in [5, 5.41) is 10.7. The highest BCUT2D eigenvalue weighted by molar-refractivity contribution is 5.96. The summed E-state index contributed by atoms with van der Waals surface area (Å²) in [6.07, 6.45) is -0.771. The number of rotatable bonds is 4. The molecule has 1 aromatic carbocycles. The van der Waals surface area contributed by atoms with E-state index in [1.54, 1.807) is 0 Å². The van der Waals surface area contributed by atoms with E-state index in [9.17, 15) is 24.5 Å². The number of cyclic esters (lactones) is 1. The molecular weight excluding hydrogens is 296 g/mol. The van der Waals surface area contributed by atoms with Crippen LogP contribution in [0.2, 0.25) is 0 Å². The van der Waals surface area contributed by atoms with Crippen LogP contribution >= 0.6 is 0 Å². The van der Waals surface area contributed by atoms with Gasteiger partial charge in [-0.05, 0) is 19.1 Å². The number of carbonyl (C=O) groups excluding carboxylic acids is 3. The number of nitro benzene ring substituents is 1. The summed E-state index contributed by atoms with van der Waals surface area (Å²) in [4.78, 5) is 45.6. The highest BCUT2D eigenvalue weighted by Crippen LogP contribution is 2.19.